The molecule has 2 aromatic rings. The molecule has 7 nitrogen and oxygen atoms in total. The minimum Gasteiger partial charge on any atom is -0.506 e. The summed E-state index contributed by atoms with van der Waals surface area (Å²) < 4.78 is 0. The number of halogens is 1. The minimum atomic E-state index is -0.592. The molecule has 0 aliphatic carbocycles. The number of unbranched alkanes of at least 4 members (excludes halogenated alkanes) is 1. The number of phenols is 1. The SMILES string of the molecule is CCCCC(C)C(=O)Nc1cc(O)c(NC(=O)Nc2ccc(C#N)cc2)cc1Cl. The third-order valence-electron chi connectivity index (χ3n) is 4.30. The van der Waals surface area contributed by atoms with E-state index in [1.54, 1.807) is 24.3 Å². The van der Waals surface area contributed by atoms with Crippen molar-refractivity contribution in [3.05, 3.63) is 47.0 Å². The zero-order valence-corrected chi connectivity index (χ0v) is 17.0. The number of nitrogens with zero attached hydrogens (tertiary/aromatic N) is 1. The van der Waals surface area contributed by atoms with Crippen molar-refractivity contribution in [2.24, 2.45) is 5.92 Å². The van der Waals surface area contributed by atoms with Crippen molar-refractivity contribution in [2.45, 2.75) is 33.1 Å². The Morgan fingerprint density at radius 3 is 2.45 bits per heavy atom. The van der Waals surface area contributed by atoms with E-state index in [4.69, 9.17) is 16.9 Å². The second-order valence-corrected chi connectivity index (χ2v) is 7.06. The van der Waals surface area contributed by atoms with Crippen LogP contribution in [0, 0.1) is 17.2 Å². The molecule has 0 fully saturated rings. The summed E-state index contributed by atoms with van der Waals surface area (Å²) in [6.45, 7) is 3.89. The summed E-state index contributed by atoms with van der Waals surface area (Å²) >= 11 is 6.20. The van der Waals surface area contributed by atoms with Crippen LogP contribution in [-0.2, 0) is 4.79 Å². The van der Waals surface area contributed by atoms with Gasteiger partial charge in [0.2, 0.25) is 5.91 Å². The van der Waals surface area contributed by atoms with Gasteiger partial charge in [0.25, 0.3) is 0 Å². The minimum absolute atomic E-state index is 0.0955. The lowest BCUT2D eigenvalue weighted by atomic mass is 10.0. The number of aromatic hydroxyl groups is 1. The van der Waals surface area contributed by atoms with Crippen molar-refractivity contribution >= 4 is 40.6 Å². The summed E-state index contributed by atoms with van der Waals surface area (Å²) in [7, 11) is 0. The van der Waals surface area contributed by atoms with Crippen LogP contribution in [0.4, 0.5) is 21.9 Å². The molecule has 1 unspecified atom stereocenters. The third kappa shape index (κ3) is 6.40. The maximum Gasteiger partial charge on any atom is 0.323 e. The average molecular weight is 415 g/mol. The average Bonchev–Trinajstić information content (AvgIpc) is 2.70. The van der Waals surface area contributed by atoms with Gasteiger partial charge in [0.05, 0.1) is 28.0 Å². The zero-order chi connectivity index (χ0) is 21.4. The maximum absolute atomic E-state index is 12.2. The molecular weight excluding hydrogens is 392 g/mol. The molecule has 0 spiro atoms. The summed E-state index contributed by atoms with van der Waals surface area (Å²) in [5, 5.41) is 27.0. The number of amides is 3. The van der Waals surface area contributed by atoms with Crippen LogP contribution in [0.25, 0.3) is 0 Å². The standard InChI is InChI=1S/C21H23ClN4O3/c1-3-4-5-13(2)20(28)25-17-11-19(27)18(10-16(17)22)26-21(29)24-15-8-6-14(12-23)7-9-15/h6-11,13,27H,3-5H2,1-2H3,(H,25,28)(H2,24,26,29). The number of phenolic OH excluding ortho intramolecular Hbond substituents is 1. The van der Waals surface area contributed by atoms with Crippen LogP contribution >= 0.6 is 11.6 Å². The van der Waals surface area contributed by atoms with E-state index in [0.717, 1.165) is 19.3 Å². The second kappa shape index (κ2) is 10.3. The Hall–Kier alpha value is -3.24. The number of carbonyl (C=O) groups excluding carboxylic acids is 2. The molecule has 4 N–H and O–H groups in total. The lowest BCUT2D eigenvalue weighted by molar-refractivity contribution is -0.119. The van der Waals surface area contributed by atoms with Gasteiger partial charge in [-0.05, 0) is 36.8 Å². The number of nitrogens with one attached hydrogen (secondary N) is 3. The van der Waals surface area contributed by atoms with E-state index < -0.39 is 6.03 Å². The largest absolute Gasteiger partial charge is 0.506 e. The highest BCUT2D eigenvalue weighted by Gasteiger charge is 2.16. The summed E-state index contributed by atoms with van der Waals surface area (Å²) in [6, 6.07) is 10.4. The molecule has 8 heteroatoms. The van der Waals surface area contributed by atoms with Crippen LogP contribution < -0.4 is 16.0 Å². The van der Waals surface area contributed by atoms with Crippen LogP contribution in [-0.4, -0.2) is 17.0 Å². The van der Waals surface area contributed by atoms with Gasteiger partial charge >= 0.3 is 6.03 Å². The molecule has 0 aromatic heterocycles. The predicted molar refractivity (Wildman–Crippen MR) is 114 cm³/mol. The Morgan fingerprint density at radius 1 is 1.14 bits per heavy atom. The fourth-order valence-corrected chi connectivity index (χ4v) is 2.78. The molecule has 2 aromatic carbocycles. The molecule has 152 valence electrons. The van der Waals surface area contributed by atoms with E-state index in [1.165, 1.54) is 12.1 Å². The fourth-order valence-electron chi connectivity index (χ4n) is 2.57. The summed E-state index contributed by atoms with van der Waals surface area (Å²) in [5.41, 5.74) is 1.33. The molecule has 0 saturated carbocycles. The lowest BCUT2D eigenvalue weighted by Crippen LogP contribution is -2.21. The number of nitriles is 1. The van der Waals surface area contributed by atoms with Crippen LogP contribution in [0.15, 0.2) is 36.4 Å². The molecule has 0 radical (unpaired) electrons. The quantitative estimate of drug-likeness (QED) is 0.458. The van der Waals surface area contributed by atoms with Crippen molar-refractivity contribution in [1.82, 2.24) is 0 Å². The molecule has 0 bridgehead atoms. The topological polar surface area (TPSA) is 114 Å². The highest BCUT2D eigenvalue weighted by atomic mass is 35.5. The molecule has 0 aliphatic rings. The van der Waals surface area contributed by atoms with Gasteiger partial charge in [-0.15, -0.1) is 0 Å². The first-order valence-electron chi connectivity index (χ1n) is 9.25. The van der Waals surface area contributed by atoms with Crippen LogP contribution in [0.3, 0.4) is 0 Å². The first kappa shape index (κ1) is 22.1. The summed E-state index contributed by atoms with van der Waals surface area (Å²) in [5.74, 6) is -0.593. The lowest BCUT2D eigenvalue weighted by Gasteiger charge is -2.15. The van der Waals surface area contributed by atoms with Crippen LogP contribution in [0.2, 0.25) is 5.02 Å². The number of anilines is 3. The number of benzene rings is 2. The molecule has 3 amide bonds. The fraction of sp³-hybridized carbons (Fsp3) is 0.286. The van der Waals surface area contributed by atoms with Gasteiger partial charge in [0.15, 0.2) is 0 Å². The van der Waals surface area contributed by atoms with Crippen LogP contribution in [0.5, 0.6) is 5.75 Å². The normalized spacial score (nSPS) is 11.2. The van der Waals surface area contributed by atoms with Gasteiger partial charge < -0.3 is 21.1 Å². The van der Waals surface area contributed by atoms with E-state index in [1.807, 2.05) is 13.0 Å². The summed E-state index contributed by atoms with van der Waals surface area (Å²) in [6.07, 6.45) is 2.72. The van der Waals surface area contributed by atoms with Gasteiger partial charge in [-0.2, -0.15) is 5.26 Å². The number of hydrogen-bond acceptors (Lipinski definition) is 4. The highest BCUT2D eigenvalue weighted by molar-refractivity contribution is 6.34. The van der Waals surface area contributed by atoms with Gasteiger partial charge in [-0.1, -0.05) is 38.3 Å². The van der Waals surface area contributed by atoms with E-state index in [0.29, 0.717) is 11.3 Å². The van der Waals surface area contributed by atoms with Crippen molar-refractivity contribution in [3.8, 4) is 11.8 Å². The van der Waals surface area contributed by atoms with Crippen LogP contribution in [0.1, 0.15) is 38.7 Å². The number of rotatable bonds is 7. The molecular formula is C21H23ClN4O3. The second-order valence-electron chi connectivity index (χ2n) is 6.65. The number of urea groups is 1. The third-order valence-corrected chi connectivity index (χ3v) is 4.61. The maximum atomic E-state index is 12.2. The smallest absolute Gasteiger partial charge is 0.323 e. The van der Waals surface area contributed by atoms with E-state index in [9.17, 15) is 14.7 Å². The molecule has 1 atom stereocenters. The Kier molecular flexibility index (Phi) is 7.87. The van der Waals surface area contributed by atoms with Crippen molar-refractivity contribution in [1.29, 1.82) is 5.26 Å². The van der Waals surface area contributed by atoms with Crippen molar-refractivity contribution in [2.75, 3.05) is 16.0 Å². The van der Waals surface area contributed by atoms with E-state index >= 15 is 0 Å². The molecule has 0 saturated heterocycles. The first-order chi connectivity index (χ1) is 13.8. The van der Waals surface area contributed by atoms with E-state index in [2.05, 4.69) is 22.9 Å². The summed E-state index contributed by atoms with van der Waals surface area (Å²) in [4.78, 5) is 24.4. The van der Waals surface area contributed by atoms with Gasteiger partial charge in [0.1, 0.15) is 5.75 Å². The van der Waals surface area contributed by atoms with Gasteiger partial charge in [-0.3, -0.25) is 4.79 Å². The zero-order valence-electron chi connectivity index (χ0n) is 16.3. The first-order valence-corrected chi connectivity index (χ1v) is 9.63. The number of hydrogen-bond donors (Lipinski definition) is 4. The molecule has 29 heavy (non-hydrogen) atoms. The van der Waals surface area contributed by atoms with Crippen molar-refractivity contribution < 1.29 is 14.7 Å². The molecule has 2 rings (SSSR count). The Bertz CT molecular complexity index is 923. The monoisotopic (exact) mass is 414 g/mol. The number of carbonyl (C=O) groups is 2. The Labute approximate surface area is 174 Å². The predicted octanol–water partition coefficient (Wildman–Crippen LogP) is 5.33. The van der Waals surface area contributed by atoms with Gasteiger partial charge in [0, 0.05) is 17.7 Å². The van der Waals surface area contributed by atoms with E-state index in [-0.39, 0.29) is 34.0 Å². The highest BCUT2D eigenvalue weighted by Crippen LogP contribution is 2.34. The van der Waals surface area contributed by atoms with Gasteiger partial charge in [-0.25, -0.2) is 4.79 Å². The molecule has 0 heterocycles. The Morgan fingerprint density at radius 2 is 1.83 bits per heavy atom. The Balaban J connectivity index is 2.03. The molecule has 0 aliphatic heterocycles. The van der Waals surface area contributed by atoms with Crippen molar-refractivity contribution in [3.63, 3.8) is 0 Å².